The van der Waals surface area contributed by atoms with Crippen LogP contribution in [0.4, 0.5) is 0 Å². The van der Waals surface area contributed by atoms with Crippen LogP contribution in [0.1, 0.15) is 25.0 Å². The van der Waals surface area contributed by atoms with E-state index in [0.717, 1.165) is 37.3 Å². The first-order valence-electron chi connectivity index (χ1n) is 8.02. The van der Waals surface area contributed by atoms with Crippen LogP contribution in [0.3, 0.4) is 0 Å². The zero-order chi connectivity index (χ0) is 15.8. The minimum absolute atomic E-state index is 0.0886. The Balaban J connectivity index is 1.75. The van der Waals surface area contributed by atoms with Gasteiger partial charge in [-0.2, -0.15) is 0 Å². The van der Waals surface area contributed by atoms with Crippen LogP contribution >= 0.6 is 0 Å². The normalized spacial score (nSPS) is 16.0. The number of hydrogen-bond donors (Lipinski definition) is 2. The Morgan fingerprint density at radius 3 is 2.77 bits per heavy atom. The number of nitrogens with zero attached hydrogens (tertiary/aromatic N) is 1. The highest BCUT2D eigenvalue weighted by molar-refractivity contribution is 5.78. The van der Waals surface area contributed by atoms with Gasteiger partial charge in [0, 0.05) is 32.7 Å². The molecule has 1 aromatic rings. The molecule has 1 fully saturated rings. The van der Waals surface area contributed by atoms with Crippen molar-refractivity contribution in [3.63, 3.8) is 0 Å². The molecule has 1 amide bonds. The average Bonchev–Trinajstić information content (AvgIpc) is 2.52. The van der Waals surface area contributed by atoms with Gasteiger partial charge in [0.15, 0.2) is 0 Å². The maximum atomic E-state index is 12.0. The minimum Gasteiger partial charge on any atom is -0.374 e. The van der Waals surface area contributed by atoms with Crippen LogP contribution in [-0.4, -0.2) is 49.6 Å². The lowest BCUT2D eigenvalue weighted by atomic mass is 10.1. The molecule has 2 N–H and O–H groups in total. The first kappa shape index (κ1) is 16.9. The maximum absolute atomic E-state index is 12.0. The molecule has 0 radical (unpaired) electrons. The number of carbonyl (C=O) groups is 1. The van der Waals surface area contributed by atoms with E-state index in [0.29, 0.717) is 19.7 Å². The van der Waals surface area contributed by atoms with Gasteiger partial charge >= 0.3 is 0 Å². The molecule has 0 aromatic heterocycles. The summed E-state index contributed by atoms with van der Waals surface area (Å²) in [7, 11) is 0. The molecule has 1 saturated heterocycles. The molecule has 122 valence electrons. The molecule has 5 heteroatoms. The lowest BCUT2D eigenvalue weighted by molar-refractivity contribution is -0.122. The summed E-state index contributed by atoms with van der Waals surface area (Å²) in [5, 5.41) is 6.28. The Hall–Kier alpha value is -1.43. The first-order valence-corrected chi connectivity index (χ1v) is 8.02. The van der Waals surface area contributed by atoms with Gasteiger partial charge in [0.25, 0.3) is 0 Å². The van der Waals surface area contributed by atoms with Crippen LogP contribution < -0.4 is 10.6 Å². The molecular weight excluding hydrogens is 278 g/mol. The van der Waals surface area contributed by atoms with Gasteiger partial charge in [-0.25, -0.2) is 0 Å². The summed E-state index contributed by atoms with van der Waals surface area (Å²) in [5.41, 5.74) is 2.25. The number of benzene rings is 1. The Morgan fingerprint density at radius 2 is 2.05 bits per heavy atom. The number of carbonyl (C=O) groups excluding carboxylic acids is 1. The predicted molar refractivity (Wildman–Crippen MR) is 87.5 cm³/mol. The van der Waals surface area contributed by atoms with E-state index in [-0.39, 0.29) is 12.0 Å². The van der Waals surface area contributed by atoms with Gasteiger partial charge in [0.2, 0.25) is 5.91 Å². The van der Waals surface area contributed by atoms with E-state index < -0.39 is 0 Å². The van der Waals surface area contributed by atoms with Crippen LogP contribution in [0.5, 0.6) is 0 Å². The topological polar surface area (TPSA) is 53.6 Å². The van der Waals surface area contributed by atoms with Gasteiger partial charge in [0.1, 0.15) is 0 Å². The lowest BCUT2D eigenvalue weighted by Crippen LogP contribution is -2.47. The van der Waals surface area contributed by atoms with Crippen LogP contribution in [0.15, 0.2) is 24.3 Å². The highest BCUT2D eigenvalue weighted by Gasteiger charge is 2.13. The average molecular weight is 305 g/mol. The number of ether oxygens (including phenoxy) is 1. The van der Waals surface area contributed by atoms with Gasteiger partial charge in [0.05, 0.1) is 19.3 Å². The van der Waals surface area contributed by atoms with E-state index in [1.54, 1.807) is 0 Å². The SMILES string of the molecule is CC(C)OCc1cccc(CNC(=O)CN2CCNCC2)c1. The van der Waals surface area contributed by atoms with E-state index >= 15 is 0 Å². The second kappa shape index (κ2) is 8.88. The molecule has 0 spiro atoms. The summed E-state index contributed by atoms with van der Waals surface area (Å²) in [6, 6.07) is 8.18. The van der Waals surface area contributed by atoms with Crippen molar-refractivity contribution in [1.29, 1.82) is 0 Å². The summed E-state index contributed by atoms with van der Waals surface area (Å²) in [6.07, 6.45) is 0.224. The van der Waals surface area contributed by atoms with Gasteiger partial charge in [-0.1, -0.05) is 24.3 Å². The monoisotopic (exact) mass is 305 g/mol. The van der Waals surface area contributed by atoms with E-state index in [2.05, 4.69) is 27.7 Å². The van der Waals surface area contributed by atoms with Gasteiger partial charge < -0.3 is 15.4 Å². The third-order valence-corrected chi connectivity index (χ3v) is 3.64. The van der Waals surface area contributed by atoms with Crippen LogP contribution in [0.2, 0.25) is 0 Å². The molecule has 2 rings (SSSR count). The molecule has 1 aliphatic rings. The fourth-order valence-electron chi connectivity index (χ4n) is 2.42. The summed E-state index contributed by atoms with van der Waals surface area (Å²) < 4.78 is 5.61. The molecule has 0 bridgehead atoms. The van der Waals surface area contributed by atoms with Crippen molar-refractivity contribution in [3.8, 4) is 0 Å². The number of amides is 1. The largest absolute Gasteiger partial charge is 0.374 e. The highest BCUT2D eigenvalue weighted by Crippen LogP contribution is 2.08. The van der Waals surface area contributed by atoms with Crippen molar-refractivity contribution < 1.29 is 9.53 Å². The van der Waals surface area contributed by atoms with Gasteiger partial charge in [-0.05, 0) is 25.0 Å². The first-order chi connectivity index (χ1) is 10.6. The molecule has 0 aliphatic carbocycles. The maximum Gasteiger partial charge on any atom is 0.234 e. The van der Waals surface area contributed by atoms with Crippen LogP contribution in [0, 0.1) is 0 Å². The van der Waals surface area contributed by atoms with Crippen molar-refractivity contribution in [3.05, 3.63) is 35.4 Å². The lowest BCUT2D eigenvalue weighted by Gasteiger charge is -2.26. The summed E-state index contributed by atoms with van der Waals surface area (Å²) >= 11 is 0. The third-order valence-electron chi connectivity index (χ3n) is 3.64. The Kier molecular flexibility index (Phi) is 6.83. The standard InChI is InChI=1S/C17H27N3O2/c1-14(2)22-13-16-5-3-4-15(10-16)11-19-17(21)12-20-8-6-18-7-9-20/h3-5,10,14,18H,6-9,11-13H2,1-2H3,(H,19,21). The molecule has 0 unspecified atom stereocenters. The fraction of sp³-hybridized carbons (Fsp3) is 0.588. The Morgan fingerprint density at radius 1 is 1.32 bits per heavy atom. The van der Waals surface area contributed by atoms with Gasteiger partial charge in [-0.3, -0.25) is 9.69 Å². The molecule has 5 nitrogen and oxygen atoms in total. The van der Waals surface area contributed by atoms with E-state index in [9.17, 15) is 4.79 Å². The quantitative estimate of drug-likeness (QED) is 0.793. The molecule has 1 aromatic carbocycles. The fourth-order valence-corrected chi connectivity index (χ4v) is 2.42. The summed E-state index contributed by atoms with van der Waals surface area (Å²) in [4.78, 5) is 14.2. The molecule has 1 aliphatic heterocycles. The molecular formula is C17H27N3O2. The predicted octanol–water partition coefficient (Wildman–Crippen LogP) is 1.13. The second-order valence-electron chi connectivity index (χ2n) is 5.98. The number of piperazine rings is 1. The van der Waals surface area contributed by atoms with Crippen molar-refractivity contribution in [2.45, 2.75) is 33.1 Å². The zero-order valence-electron chi connectivity index (χ0n) is 13.6. The summed E-state index contributed by atoms with van der Waals surface area (Å²) in [5.74, 6) is 0.0886. The second-order valence-corrected chi connectivity index (χ2v) is 5.98. The van der Waals surface area contributed by atoms with E-state index in [1.165, 1.54) is 0 Å². The van der Waals surface area contributed by atoms with E-state index in [4.69, 9.17) is 4.74 Å². The van der Waals surface area contributed by atoms with Crippen molar-refractivity contribution >= 4 is 5.91 Å². The highest BCUT2D eigenvalue weighted by atomic mass is 16.5. The Labute approximate surface area is 133 Å². The number of rotatable bonds is 7. The van der Waals surface area contributed by atoms with Crippen LogP contribution in [0.25, 0.3) is 0 Å². The smallest absolute Gasteiger partial charge is 0.234 e. The van der Waals surface area contributed by atoms with Crippen molar-refractivity contribution in [2.24, 2.45) is 0 Å². The van der Waals surface area contributed by atoms with Crippen LogP contribution in [-0.2, 0) is 22.7 Å². The van der Waals surface area contributed by atoms with E-state index in [1.807, 2.05) is 26.0 Å². The molecule has 1 heterocycles. The zero-order valence-corrected chi connectivity index (χ0v) is 13.6. The van der Waals surface area contributed by atoms with Crippen molar-refractivity contribution in [2.75, 3.05) is 32.7 Å². The van der Waals surface area contributed by atoms with Crippen molar-refractivity contribution in [1.82, 2.24) is 15.5 Å². The number of nitrogens with one attached hydrogen (secondary N) is 2. The minimum atomic E-state index is 0.0886. The molecule has 0 saturated carbocycles. The summed E-state index contributed by atoms with van der Waals surface area (Å²) in [6.45, 7) is 9.53. The third kappa shape index (κ3) is 6.13. The van der Waals surface area contributed by atoms with Gasteiger partial charge in [-0.15, -0.1) is 0 Å². The molecule has 0 atom stereocenters. The Bertz CT molecular complexity index is 471. The number of hydrogen-bond acceptors (Lipinski definition) is 4. The molecule has 22 heavy (non-hydrogen) atoms.